The molecular formula is C93H92N2O8P2. The first-order chi connectivity index (χ1) is 50.7. The smallest absolute Gasteiger partial charge is 0.311 e. The zero-order valence-corrected chi connectivity index (χ0v) is 61.6. The van der Waals surface area contributed by atoms with Crippen LogP contribution in [0.15, 0.2) is 303 Å². The fourth-order valence-electron chi connectivity index (χ4n) is 11.5. The van der Waals surface area contributed by atoms with Crippen molar-refractivity contribution >= 4 is 98.3 Å². The molecular weight excluding hydrogens is 1330 g/mol. The second-order valence-corrected chi connectivity index (χ2v) is 28.7. The molecule has 532 valence electrons. The van der Waals surface area contributed by atoms with Crippen molar-refractivity contribution in [2.75, 3.05) is 36.2 Å². The summed E-state index contributed by atoms with van der Waals surface area (Å²) in [5.41, 5.74) is 23.3. The van der Waals surface area contributed by atoms with E-state index in [9.17, 15) is 18.7 Å². The summed E-state index contributed by atoms with van der Waals surface area (Å²) in [7, 11) is -6.23. The average Bonchev–Trinajstić information content (AvgIpc) is 0.821. The maximum absolute atomic E-state index is 12.7. The molecule has 12 aromatic carbocycles. The summed E-state index contributed by atoms with van der Waals surface area (Å²) in [4.78, 5) is 26.2. The molecule has 0 saturated heterocycles. The molecule has 12 rings (SSSR count). The zero-order valence-electron chi connectivity index (χ0n) is 59.8. The van der Waals surface area contributed by atoms with Crippen LogP contribution in [0.2, 0.25) is 0 Å². The lowest BCUT2D eigenvalue weighted by atomic mass is 10.0. The number of nitrogens with zero attached hydrogens (tertiary/aromatic N) is 2. The van der Waals surface area contributed by atoms with Crippen LogP contribution in [-0.2, 0) is 39.5 Å². The first kappa shape index (κ1) is 78.2. The fraction of sp³-hybridized carbons (Fsp3) is 0.140. The van der Waals surface area contributed by atoms with Crippen molar-refractivity contribution in [3.8, 4) is 22.3 Å². The number of rotatable bonds is 28. The van der Waals surface area contributed by atoms with Crippen molar-refractivity contribution in [1.29, 1.82) is 0 Å². The fourth-order valence-corrected chi connectivity index (χ4v) is 14.9. The average molecular weight is 1430 g/mol. The molecule has 0 aliphatic carbocycles. The predicted octanol–water partition coefficient (Wildman–Crippen LogP) is 26.3. The Labute approximate surface area is 621 Å². The molecule has 0 saturated carbocycles. The van der Waals surface area contributed by atoms with Gasteiger partial charge in [0.2, 0.25) is 0 Å². The Kier molecular flexibility index (Phi) is 29.6. The molecule has 0 aliphatic heterocycles. The minimum atomic E-state index is -3.12. The number of hydrogen-bond donors (Lipinski definition) is 0. The van der Waals surface area contributed by atoms with Crippen LogP contribution < -0.4 is 9.80 Å². The number of benzene rings is 12. The summed E-state index contributed by atoms with van der Waals surface area (Å²) in [5, 5.41) is 0. The van der Waals surface area contributed by atoms with E-state index in [1.807, 2.05) is 91.9 Å². The predicted molar refractivity (Wildman–Crippen MR) is 442 cm³/mol. The van der Waals surface area contributed by atoms with E-state index < -0.39 is 15.2 Å². The van der Waals surface area contributed by atoms with Crippen LogP contribution in [0.1, 0.15) is 111 Å². The number of carbonyl (C=O) groups excluding carboxylic acids is 2. The van der Waals surface area contributed by atoms with Gasteiger partial charge in [-0.3, -0.25) is 18.7 Å². The number of hydrogen-bond acceptors (Lipinski definition) is 10. The van der Waals surface area contributed by atoms with Gasteiger partial charge in [0.25, 0.3) is 0 Å². The van der Waals surface area contributed by atoms with Crippen LogP contribution in [0, 0.1) is 13.8 Å². The summed E-state index contributed by atoms with van der Waals surface area (Å²) in [6, 6.07) is 103. The molecule has 12 aromatic rings. The summed E-state index contributed by atoms with van der Waals surface area (Å²) in [6.07, 6.45) is 15.1. The van der Waals surface area contributed by atoms with Gasteiger partial charge in [-0.1, -0.05) is 261 Å². The van der Waals surface area contributed by atoms with Gasteiger partial charge in [0.1, 0.15) is 12.6 Å². The van der Waals surface area contributed by atoms with Crippen molar-refractivity contribution in [2.45, 2.75) is 61.3 Å². The lowest BCUT2D eigenvalue weighted by Gasteiger charge is -2.26. The molecule has 0 heterocycles. The quantitative estimate of drug-likeness (QED) is 0.0267. The van der Waals surface area contributed by atoms with E-state index in [2.05, 4.69) is 247 Å². The summed E-state index contributed by atoms with van der Waals surface area (Å²) in [6.45, 7) is 12.8. The van der Waals surface area contributed by atoms with Gasteiger partial charge in [0.15, 0.2) is 0 Å². The van der Waals surface area contributed by atoms with Crippen LogP contribution in [0.3, 0.4) is 0 Å². The highest BCUT2D eigenvalue weighted by molar-refractivity contribution is 7.53. The molecule has 0 unspecified atom stereocenters. The molecule has 0 aromatic heterocycles. The molecule has 0 spiro atoms. The molecule has 0 atom stereocenters. The van der Waals surface area contributed by atoms with Gasteiger partial charge in [-0.15, -0.1) is 0 Å². The number of anilines is 6. The lowest BCUT2D eigenvalue weighted by molar-refractivity contribution is 0.111. The molecule has 0 bridgehead atoms. The number of aldehydes is 2. The lowest BCUT2D eigenvalue weighted by Crippen LogP contribution is -2.10. The standard InChI is InChI=1S/C49H39N.C22H32O6P2.C21H17NO2.CH4/c1-38-12-32-47(33-13-38)50(48-34-24-43(25-35-48)17-15-40-10-6-3-7-11-40)49-36-26-44(27-37-49)19-18-42-22-30-46(31-23-42)45-28-20-41(21-29-45)16-14-39-8-4-2-5-9-39;1-5-25-29(23,26-6-2)17-19-9-13-21(14-10-19)22-15-11-20(12-16-22)18-30(24,27-7-3)28-8-4;1-16-2-8-19(9-3-16)22(20-10-4-17(14-23)5-11-20)21-12-6-18(15-24)7-13-21;/h2-37H,1H3;9-16H,5-8,17-18H2,1-4H3;2-15H,1H3;1H4. The number of aryl methyl sites for hydroxylation is 2. The third-order valence-electron chi connectivity index (χ3n) is 16.9. The zero-order chi connectivity index (χ0) is 72.9. The van der Waals surface area contributed by atoms with Crippen molar-refractivity contribution in [3.05, 3.63) is 370 Å². The van der Waals surface area contributed by atoms with Crippen molar-refractivity contribution in [2.24, 2.45) is 0 Å². The highest BCUT2D eigenvalue weighted by atomic mass is 31.2. The second kappa shape index (κ2) is 39.7. The maximum Gasteiger partial charge on any atom is 0.335 e. The second-order valence-electron chi connectivity index (χ2n) is 24.6. The van der Waals surface area contributed by atoms with Crippen LogP contribution in [0.5, 0.6) is 0 Å². The Balaban J connectivity index is 0.000000198. The van der Waals surface area contributed by atoms with Crippen LogP contribution >= 0.6 is 15.2 Å². The highest BCUT2D eigenvalue weighted by Crippen LogP contribution is 2.52. The summed E-state index contributed by atoms with van der Waals surface area (Å²) < 4.78 is 46.9. The Morgan fingerprint density at radius 3 is 0.695 bits per heavy atom. The first-order valence-corrected chi connectivity index (χ1v) is 38.5. The van der Waals surface area contributed by atoms with Crippen molar-refractivity contribution in [1.82, 2.24) is 0 Å². The topological polar surface area (TPSA) is 112 Å². The third-order valence-corrected chi connectivity index (χ3v) is 21.0. The maximum atomic E-state index is 12.7. The van der Waals surface area contributed by atoms with Crippen LogP contribution in [0.4, 0.5) is 34.1 Å². The molecule has 0 aliphatic rings. The van der Waals surface area contributed by atoms with E-state index in [1.54, 1.807) is 52.0 Å². The summed E-state index contributed by atoms with van der Waals surface area (Å²) in [5.74, 6) is 0. The van der Waals surface area contributed by atoms with Gasteiger partial charge >= 0.3 is 15.2 Å². The largest absolute Gasteiger partial charge is 0.335 e. The van der Waals surface area contributed by atoms with Crippen molar-refractivity contribution < 1.29 is 36.8 Å². The monoisotopic (exact) mass is 1430 g/mol. The van der Waals surface area contributed by atoms with E-state index in [4.69, 9.17) is 18.1 Å². The van der Waals surface area contributed by atoms with E-state index in [1.165, 1.54) is 50.1 Å². The molecule has 10 nitrogen and oxygen atoms in total. The van der Waals surface area contributed by atoms with Crippen LogP contribution in [-0.4, -0.2) is 39.0 Å². The van der Waals surface area contributed by atoms with Crippen molar-refractivity contribution in [3.63, 3.8) is 0 Å². The van der Waals surface area contributed by atoms with Gasteiger partial charge in [0, 0.05) is 45.3 Å². The minimum Gasteiger partial charge on any atom is -0.311 e. The molecule has 0 amide bonds. The van der Waals surface area contributed by atoms with E-state index in [0.29, 0.717) is 37.6 Å². The third kappa shape index (κ3) is 23.3. The van der Waals surface area contributed by atoms with E-state index >= 15 is 0 Å². The minimum absolute atomic E-state index is 0. The normalized spacial score (nSPS) is 11.3. The SMILES string of the molecule is C.CCOP(=O)(Cc1ccc(-c2ccc(CP(=O)(OCC)OCC)cc2)cc1)OCC.Cc1ccc(N(c2ccc(C=Cc3ccccc3)cc2)c2ccc(C=Cc3ccc(-c4ccc(C=Cc5ccccc5)cc4)cc3)cc2)cc1.Cc1ccc(N(c2ccc(C=O)cc2)c2ccc(C=O)cc2)cc1. The molecule has 105 heavy (non-hydrogen) atoms. The Hall–Kier alpha value is -10.9. The Morgan fingerprint density at radius 1 is 0.267 bits per heavy atom. The number of carbonyl (C=O) groups is 2. The molecule has 0 N–H and O–H groups in total. The van der Waals surface area contributed by atoms with Gasteiger partial charge in [0.05, 0.1) is 38.8 Å². The molecule has 0 radical (unpaired) electrons. The van der Waals surface area contributed by atoms with Gasteiger partial charge < -0.3 is 27.9 Å². The van der Waals surface area contributed by atoms with E-state index in [0.717, 1.165) is 74.5 Å². The van der Waals surface area contributed by atoms with Gasteiger partial charge in [-0.25, -0.2) is 0 Å². The highest BCUT2D eigenvalue weighted by Gasteiger charge is 2.26. The first-order valence-electron chi connectivity index (χ1n) is 35.1. The Bertz CT molecular complexity index is 4680. The van der Waals surface area contributed by atoms with E-state index in [-0.39, 0.29) is 19.8 Å². The Morgan fingerprint density at radius 2 is 0.467 bits per heavy atom. The van der Waals surface area contributed by atoms with Gasteiger partial charge in [-0.2, -0.15) is 0 Å². The molecule has 0 fully saturated rings. The van der Waals surface area contributed by atoms with Gasteiger partial charge in [-0.05, 0) is 205 Å². The summed E-state index contributed by atoms with van der Waals surface area (Å²) >= 11 is 0. The molecule has 12 heteroatoms. The van der Waals surface area contributed by atoms with Crippen LogP contribution in [0.25, 0.3) is 58.7 Å².